The Kier molecular flexibility index (Phi) is 3.29. The largest absolute Gasteiger partial charge is 0.317 e. The van der Waals surface area contributed by atoms with Gasteiger partial charge in [0.1, 0.15) is 11.6 Å². The van der Waals surface area contributed by atoms with Crippen molar-refractivity contribution in [3.63, 3.8) is 0 Å². The summed E-state index contributed by atoms with van der Waals surface area (Å²) in [5, 5.41) is 10.5. The first-order valence-corrected chi connectivity index (χ1v) is 6.45. The van der Waals surface area contributed by atoms with Gasteiger partial charge < -0.3 is 5.32 Å². The topological polar surface area (TPSA) is 40.7 Å². The smallest absolute Gasteiger partial charge is 0.126 e. The van der Waals surface area contributed by atoms with Crippen LogP contribution in [0.15, 0.2) is 24.3 Å². The third-order valence-electron chi connectivity index (χ3n) is 3.53. The number of hydrogen-bond donors (Lipinski definition) is 2. The van der Waals surface area contributed by atoms with Crippen LogP contribution in [0, 0.1) is 11.6 Å². The van der Waals surface area contributed by atoms with Gasteiger partial charge in [0.05, 0.1) is 5.69 Å². The predicted octanol–water partition coefficient (Wildman–Crippen LogP) is 2.82. The van der Waals surface area contributed by atoms with E-state index in [0.29, 0.717) is 17.2 Å². The first-order chi connectivity index (χ1) is 9.22. The molecule has 2 aromatic rings. The number of nitrogens with zero attached hydrogens (tertiary/aromatic N) is 1. The fraction of sp³-hybridized carbons (Fsp3) is 0.357. The fourth-order valence-electron chi connectivity index (χ4n) is 2.53. The molecule has 2 heterocycles. The molecule has 19 heavy (non-hydrogen) atoms. The van der Waals surface area contributed by atoms with E-state index in [0.717, 1.165) is 37.7 Å². The number of halogens is 2. The van der Waals surface area contributed by atoms with Crippen molar-refractivity contribution in [1.29, 1.82) is 0 Å². The minimum atomic E-state index is -0.582. The zero-order valence-electron chi connectivity index (χ0n) is 10.4. The summed E-state index contributed by atoms with van der Waals surface area (Å²) >= 11 is 0. The normalized spacial score (nSPS) is 16.7. The minimum absolute atomic E-state index is 0.445. The van der Waals surface area contributed by atoms with E-state index in [2.05, 4.69) is 15.5 Å². The van der Waals surface area contributed by atoms with Crippen LogP contribution >= 0.6 is 0 Å². The molecule has 0 aliphatic carbocycles. The molecule has 0 bridgehead atoms. The van der Waals surface area contributed by atoms with Crippen molar-refractivity contribution < 1.29 is 8.78 Å². The first kappa shape index (κ1) is 12.3. The summed E-state index contributed by atoms with van der Waals surface area (Å²) in [4.78, 5) is 0. The van der Waals surface area contributed by atoms with Crippen LogP contribution in [0.3, 0.4) is 0 Å². The molecule has 1 aliphatic rings. The fourth-order valence-corrected chi connectivity index (χ4v) is 2.53. The maximum absolute atomic E-state index is 13.2. The molecule has 1 fully saturated rings. The molecule has 0 amide bonds. The van der Waals surface area contributed by atoms with Gasteiger partial charge >= 0.3 is 0 Å². The van der Waals surface area contributed by atoms with Gasteiger partial charge in [0, 0.05) is 23.2 Å². The van der Waals surface area contributed by atoms with Gasteiger partial charge in [0.15, 0.2) is 0 Å². The Morgan fingerprint density at radius 1 is 1.00 bits per heavy atom. The van der Waals surface area contributed by atoms with Gasteiger partial charge in [-0.15, -0.1) is 0 Å². The van der Waals surface area contributed by atoms with Crippen molar-refractivity contribution in [1.82, 2.24) is 15.5 Å². The Balaban J connectivity index is 1.87. The first-order valence-electron chi connectivity index (χ1n) is 6.45. The number of rotatable bonds is 2. The molecule has 3 rings (SSSR count). The minimum Gasteiger partial charge on any atom is -0.317 e. The van der Waals surface area contributed by atoms with E-state index in [1.807, 2.05) is 6.07 Å². The maximum atomic E-state index is 13.2. The van der Waals surface area contributed by atoms with E-state index in [1.165, 1.54) is 12.1 Å². The van der Waals surface area contributed by atoms with Crippen LogP contribution in [0.4, 0.5) is 8.78 Å². The lowest BCUT2D eigenvalue weighted by Gasteiger charge is -2.20. The lowest BCUT2D eigenvalue weighted by Crippen LogP contribution is -2.26. The second-order valence-corrected chi connectivity index (χ2v) is 4.89. The van der Waals surface area contributed by atoms with Crippen LogP contribution in [0.2, 0.25) is 0 Å². The molecule has 100 valence electrons. The van der Waals surface area contributed by atoms with E-state index in [4.69, 9.17) is 0 Å². The highest BCUT2D eigenvalue weighted by atomic mass is 19.1. The van der Waals surface area contributed by atoms with Crippen molar-refractivity contribution in [3.05, 3.63) is 41.6 Å². The Hall–Kier alpha value is -1.75. The number of benzene rings is 1. The molecular formula is C14H15F2N3. The van der Waals surface area contributed by atoms with Crippen LogP contribution in [-0.4, -0.2) is 23.3 Å². The Labute approximate surface area is 110 Å². The monoisotopic (exact) mass is 263 g/mol. The molecule has 3 nitrogen and oxygen atoms in total. The zero-order valence-corrected chi connectivity index (χ0v) is 10.4. The van der Waals surface area contributed by atoms with Gasteiger partial charge in [-0.1, -0.05) is 0 Å². The quantitative estimate of drug-likeness (QED) is 0.874. The molecule has 0 atom stereocenters. The lowest BCUT2D eigenvalue weighted by atomic mass is 9.94. The van der Waals surface area contributed by atoms with Gasteiger partial charge in [0.25, 0.3) is 0 Å². The van der Waals surface area contributed by atoms with Crippen LogP contribution in [0.1, 0.15) is 24.5 Å². The summed E-state index contributed by atoms with van der Waals surface area (Å²) in [7, 11) is 0. The highest BCUT2D eigenvalue weighted by molar-refractivity contribution is 5.59. The molecule has 0 unspecified atom stereocenters. The van der Waals surface area contributed by atoms with Gasteiger partial charge in [-0.25, -0.2) is 8.78 Å². The lowest BCUT2D eigenvalue weighted by molar-refractivity contribution is 0.453. The summed E-state index contributed by atoms with van der Waals surface area (Å²) in [6, 6.07) is 5.35. The van der Waals surface area contributed by atoms with Gasteiger partial charge in [-0.2, -0.15) is 5.10 Å². The Morgan fingerprint density at radius 3 is 2.37 bits per heavy atom. The molecule has 1 aliphatic heterocycles. The summed E-state index contributed by atoms with van der Waals surface area (Å²) < 4.78 is 26.4. The molecule has 0 radical (unpaired) electrons. The molecular weight excluding hydrogens is 248 g/mol. The van der Waals surface area contributed by atoms with Crippen LogP contribution in [0.5, 0.6) is 0 Å². The second-order valence-electron chi connectivity index (χ2n) is 4.89. The van der Waals surface area contributed by atoms with Crippen molar-refractivity contribution in [3.8, 4) is 11.3 Å². The molecule has 0 spiro atoms. The van der Waals surface area contributed by atoms with E-state index < -0.39 is 11.6 Å². The molecule has 2 N–H and O–H groups in total. The van der Waals surface area contributed by atoms with Crippen molar-refractivity contribution in [2.24, 2.45) is 0 Å². The van der Waals surface area contributed by atoms with E-state index in [9.17, 15) is 8.78 Å². The molecule has 1 aromatic heterocycles. The maximum Gasteiger partial charge on any atom is 0.126 e. The number of hydrogen-bond acceptors (Lipinski definition) is 2. The summed E-state index contributed by atoms with van der Waals surface area (Å²) in [6.45, 7) is 1.99. The SMILES string of the molecule is Fc1cc(F)cc(-c2cc(C3CCNCC3)[nH]n2)c1. The van der Waals surface area contributed by atoms with E-state index in [-0.39, 0.29) is 0 Å². The van der Waals surface area contributed by atoms with Gasteiger partial charge in [-0.05, 0) is 44.1 Å². The third-order valence-corrected chi connectivity index (χ3v) is 3.53. The predicted molar refractivity (Wildman–Crippen MR) is 68.8 cm³/mol. The number of piperidine rings is 1. The number of aromatic nitrogens is 2. The Morgan fingerprint density at radius 2 is 1.68 bits per heavy atom. The molecule has 1 aromatic carbocycles. The van der Waals surface area contributed by atoms with Crippen molar-refractivity contribution in [2.45, 2.75) is 18.8 Å². The summed E-state index contributed by atoms with van der Waals surface area (Å²) in [6.07, 6.45) is 2.11. The average Bonchev–Trinajstić information content (AvgIpc) is 2.88. The zero-order chi connectivity index (χ0) is 13.2. The standard InChI is InChI=1S/C14H15F2N3/c15-11-5-10(6-12(16)7-11)14-8-13(18-19-14)9-1-3-17-4-2-9/h5-9,17H,1-4H2,(H,18,19). The van der Waals surface area contributed by atoms with Crippen LogP contribution in [-0.2, 0) is 0 Å². The van der Waals surface area contributed by atoms with Crippen molar-refractivity contribution in [2.75, 3.05) is 13.1 Å². The summed E-state index contributed by atoms with van der Waals surface area (Å²) in [5.74, 6) is -0.719. The van der Waals surface area contributed by atoms with Crippen molar-refractivity contribution >= 4 is 0 Å². The number of nitrogens with one attached hydrogen (secondary N) is 2. The second kappa shape index (κ2) is 5.09. The third kappa shape index (κ3) is 2.66. The highest BCUT2D eigenvalue weighted by Crippen LogP contribution is 2.27. The van der Waals surface area contributed by atoms with Gasteiger partial charge in [-0.3, -0.25) is 5.10 Å². The van der Waals surface area contributed by atoms with Crippen LogP contribution in [0.25, 0.3) is 11.3 Å². The highest BCUT2D eigenvalue weighted by Gasteiger charge is 2.18. The number of aromatic amines is 1. The summed E-state index contributed by atoms with van der Waals surface area (Å²) in [5.41, 5.74) is 2.10. The number of H-pyrrole nitrogens is 1. The van der Waals surface area contributed by atoms with Gasteiger partial charge in [0.2, 0.25) is 0 Å². The van der Waals surface area contributed by atoms with E-state index >= 15 is 0 Å². The van der Waals surface area contributed by atoms with E-state index in [1.54, 1.807) is 0 Å². The molecule has 0 saturated carbocycles. The Bertz CT molecular complexity index is 554. The molecule has 5 heteroatoms. The average molecular weight is 263 g/mol. The van der Waals surface area contributed by atoms with Crippen LogP contribution < -0.4 is 5.32 Å². The molecule has 1 saturated heterocycles.